The molecule has 6 heteroatoms. The van der Waals surface area contributed by atoms with Crippen LogP contribution in [0.15, 0.2) is 134 Å². The summed E-state index contributed by atoms with van der Waals surface area (Å²) in [5.74, 6) is 2.47. The third-order valence-corrected chi connectivity index (χ3v) is 12.8. The zero-order chi connectivity index (χ0) is 38.1. The van der Waals surface area contributed by atoms with Crippen molar-refractivity contribution in [1.29, 1.82) is 0 Å². The van der Waals surface area contributed by atoms with Crippen LogP contribution in [-0.2, 0) is 45.0 Å². The van der Waals surface area contributed by atoms with Gasteiger partial charge in [-0.1, -0.05) is 36.4 Å². The van der Waals surface area contributed by atoms with Crippen LogP contribution < -0.4 is 4.74 Å². The van der Waals surface area contributed by atoms with Crippen LogP contribution in [0, 0.1) is 31.5 Å². The van der Waals surface area contributed by atoms with Crippen LogP contribution in [0.4, 0.5) is 0 Å². The van der Waals surface area contributed by atoms with Crippen LogP contribution in [-0.4, -0.2) is 18.5 Å². The average Bonchev–Trinajstić information content (AvgIpc) is 3.72. The number of benzene rings is 5. The van der Waals surface area contributed by atoms with Crippen LogP contribution in [0.25, 0.3) is 50.0 Å². The maximum atomic E-state index is 6.73. The summed E-state index contributed by atoms with van der Waals surface area (Å²) in [6, 6.07) is 45.9. The van der Waals surface area contributed by atoms with Crippen molar-refractivity contribution < 1.29 is 24.1 Å². The third-order valence-electron chi connectivity index (χ3n) is 11.8. The monoisotopic (exact) mass is 909 g/mol. The van der Waals surface area contributed by atoms with Gasteiger partial charge in [0.25, 0.3) is 0 Å². The van der Waals surface area contributed by atoms with E-state index in [2.05, 4.69) is 188 Å². The van der Waals surface area contributed by atoms with E-state index in [1.54, 1.807) is 0 Å². The molecular weight excluding hydrogens is 868 g/mol. The summed E-state index contributed by atoms with van der Waals surface area (Å²) in [5.41, 5.74) is 17.6. The summed E-state index contributed by atoms with van der Waals surface area (Å²) < 4.78 is 15.0. The van der Waals surface area contributed by atoms with Crippen molar-refractivity contribution in [2.45, 2.75) is 53.4 Å². The SMILES string of the molecule is Cc1cc(C)nc(-n2c3ccc(-c4ccccc4)cc3c3ccc(Oc4cccc(-n5cc6c7ccc(n6[c]5=[Pt])CCc5ccc(c(C)c5C)CC7)c4)cc32)c1. The van der Waals surface area contributed by atoms with E-state index in [0.29, 0.717) is 0 Å². The molecule has 0 N–H and O–H groups in total. The molecule has 6 heterocycles. The van der Waals surface area contributed by atoms with Crippen LogP contribution in [0.1, 0.15) is 44.8 Å². The number of fused-ring (bicyclic) bond motifs is 3. The molecule has 0 amide bonds. The van der Waals surface area contributed by atoms with Gasteiger partial charge in [-0.25, -0.2) is 0 Å². The number of aryl methyl sites for hydroxylation is 6. The molecule has 56 heavy (non-hydrogen) atoms. The van der Waals surface area contributed by atoms with Crippen LogP contribution in [0.3, 0.4) is 0 Å². The molecule has 0 unspecified atom stereocenters. The second-order valence-electron chi connectivity index (χ2n) is 15.3. The molecule has 0 spiro atoms. The van der Waals surface area contributed by atoms with Gasteiger partial charge in [-0.2, -0.15) is 0 Å². The molecule has 0 fully saturated rings. The molecule has 2 aliphatic carbocycles. The molecular formula is C50H42N4OPt. The van der Waals surface area contributed by atoms with Gasteiger partial charge >= 0.3 is 261 Å². The molecule has 4 aliphatic rings. The van der Waals surface area contributed by atoms with Gasteiger partial charge in [-0.15, -0.1) is 0 Å². The fraction of sp³-hybridized carbons (Fsp3) is 0.160. The number of ether oxygens (including phenoxy) is 1. The van der Waals surface area contributed by atoms with Crippen molar-refractivity contribution >= 4 is 27.3 Å². The van der Waals surface area contributed by atoms with Gasteiger partial charge in [0, 0.05) is 5.69 Å². The zero-order valence-corrected chi connectivity index (χ0v) is 34.3. The van der Waals surface area contributed by atoms with E-state index in [0.717, 1.165) is 74.6 Å². The summed E-state index contributed by atoms with van der Waals surface area (Å²) in [6.45, 7) is 8.78. The van der Waals surface area contributed by atoms with Crippen molar-refractivity contribution in [3.05, 3.63) is 182 Å². The second-order valence-corrected chi connectivity index (χ2v) is 16.3. The third kappa shape index (κ3) is 5.97. The summed E-state index contributed by atoms with van der Waals surface area (Å²) in [5, 5.41) is 2.35. The summed E-state index contributed by atoms with van der Waals surface area (Å²) in [7, 11) is 0. The second kappa shape index (κ2) is 13.8. The predicted molar refractivity (Wildman–Crippen MR) is 224 cm³/mol. The Morgan fingerprint density at radius 2 is 1.32 bits per heavy atom. The van der Waals surface area contributed by atoms with E-state index < -0.39 is 0 Å². The molecule has 4 bridgehead atoms. The van der Waals surface area contributed by atoms with Gasteiger partial charge in [-0.3, -0.25) is 0 Å². The van der Waals surface area contributed by atoms with E-state index in [4.69, 9.17) is 9.72 Å². The normalized spacial score (nSPS) is 12.8. The Bertz CT molecular complexity index is 3060. The van der Waals surface area contributed by atoms with Crippen molar-refractivity contribution in [2.75, 3.05) is 0 Å². The number of hydrogen-bond donors (Lipinski definition) is 0. The molecule has 5 nitrogen and oxygen atoms in total. The van der Waals surface area contributed by atoms with E-state index >= 15 is 0 Å². The first-order chi connectivity index (χ1) is 27.3. The van der Waals surface area contributed by atoms with Crippen molar-refractivity contribution in [2.24, 2.45) is 0 Å². The van der Waals surface area contributed by atoms with Gasteiger partial charge in [0.2, 0.25) is 0 Å². The molecule has 4 aromatic heterocycles. The first-order valence-corrected chi connectivity index (χ1v) is 20.6. The Hall–Kier alpha value is -5.77. The topological polar surface area (TPSA) is 36.4 Å². The Labute approximate surface area is 337 Å². The van der Waals surface area contributed by atoms with Gasteiger partial charge in [-0.05, 0) is 36.6 Å². The fourth-order valence-corrected chi connectivity index (χ4v) is 9.79. The van der Waals surface area contributed by atoms with Crippen molar-refractivity contribution in [1.82, 2.24) is 18.5 Å². The molecule has 9 aromatic rings. The standard InChI is InChI=1S/C50H42N4O.Pt/c1-32-25-33(2)51-50(26-32)54-47-24-19-40(38-9-6-5-7-10-38)27-46(47)45-23-22-44(29-48(45)54)55-43-12-8-11-42(28-43)52-30-49-39-16-15-36-13-14-37(35(4)34(36)3)17-20-41(21-18-39)53(49)31-52;/h5-14,18-19,21-30H,15-17,20H2,1-4H3;. The molecule has 0 atom stereocenters. The summed E-state index contributed by atoms with van der Waals surface area (Å²) >= 11 is 2.50. The van der Waals surface area contributed by atoms with E-state index in [9.17, 15) is 0 Å². The van der Waals surface area contributed by atoms with Gasteiger partial charge in [0.1, 0.15) is 0 Å². The number of pyridine rings is 2. The number of nitrogens with zero attached hydrogens (tertiary/aromatic N) is 4. The van der Waals surface area contributed by atoms with Crippen molar-refractivity contribution in [3.63, 3.8) is 0 Å². The number of imidazole rings is 1. The Balaban J connectivity index is 1.05. The number of hydrogen-bond acceptors (Lipinski definition) is 2. The minimum absolute atomic E-state index is 0.779. The zero-order valence-electron chi connectivity index (χ0n) is 32.0. The maximum absolute atomic E-state index is 6.73. The Morgan fingerprint density at radius 3 is 2.12 bits per heavy atom. The summed E-state index contributed by atoms with van der Waals surface area (Å²) in [6.07, 6.45) is 6.35. The van der Waals surface area contributed by atoms with Gasteiger partial charge in [0.05, 0.1) is 0 Å². The van der Waals surface area contributed by atoms with Gasteiger partial charge < -0.3 is 0 Å². The number of rotatable bonds is 5. The van der Waals surface area contributed by atoms with Gasteiger partial charge in [0.15, 0.2) is 0 Å². The molecule has 13 rings (SSSR count). The van der Waals surface area contributed by atoms with Crippen LogP contribution >= 0.6 is 0 Å². The minimum atomic E-state index is 0.779. The van der Waals surface area contributed by atoms with Crippen molar-refractivity contribution in [3.8, 4) is 34.1 Å². The fourth-order valence-electron chi connectivity index (χ4n) is 8.75. The average molecular weight is 910 g/mol. The Morgan fingerprint density at radius 1 is 0.571 bits per heavy atom. The first-order valence-electron chi connectivity index (χ1n) is 19.4. The Kier molecular flexibility index (Phi) is 8.52. The molecule has 2 aliphatic heterocycles. The number of aromatic nitrogens is 4. The molecule has 5 aromatic carbocycles. The van der Waals surface area contributed by atoms with E-state index in [-0.39, 0.29) is 0 Å². The van der Waals surface area contributed by atoms with E-state index in [1.807, 2.05) is 6.07 Å². The molecule has 0 saturated carbocycles. The quantitative estimate of drug-likeness (QED) is 0.172. The van der Waals surface area contributed by atoms with Crippen LogP contribution in [0.5, 0.6) is 11.5 Å². The molecule has 278 valence electrons. The van der Waals surface area contributed by atoms with E-state index in [1.165, 1.54) is 61.1 Å². The summed E-state index contributed by atoms with van der Waals surface area (Å²) in [4.78, 5) is 5.02. The molecule has 0 saturated heterocycles. The molecule has 0 radical (unpaired) electrons. The predicted octanol–water partition coefficient (Wildman–Crippen LogP) is 11.9. The first kappa shape index (κ1) is 34.7. The van der Waals surface area contributed by atoms with Crippen LogP contribution in [0.2, 0.25) is 0 Å².